The van der Waals surface area contributed by atoms with Gasteiger partial charge in [0.2, 0.25) is 0 Å². The number of nitrogens with zero attached hydrogens (tertiary/aromatic N) is 7. The second kappa shape index (κ2) is 29.6. The van der Waals surface area contributed by atoms with Gasteiger partial charge in [-0.15, -0.1) is 0 Å². The normalized spacial score (nSPS) is 10.7. The minimum Gasteiger partial charge on any atom is -0.507 e. The van der Waals surface area contributed by atoms with Crippen LogP contribution < -0.4 is 10.5 Å². The molecule has 8 rings (SSSR count). The summed E-state index contributed by atoms with van der Waals surface area (Å²) in [6.45, 7) is 6.83. The summed E-state index contributed by atoms with van der Waals surface area (Å²) in [5.41, 5.74) is 12.0. The Balaban J connectivity index is 0.000000244. The van der Waals surface area contributed by atoms with E-state index in [1.807, 2.05) is 0 Å². The number of hydrogen-bond acceptors (Lipinski definition) is 17. The third-order valence-corrected chi connectivity index (χ3v) is 12.4. The number of carbonyl (C=O) groups is 6. The SMILES string of the molecule is C.Cc1ccc(N)cc1C(=O)O.Cc1ccc(N=Nc2ccc(C=O)cc2)cc1C(=O)O.Cc1ccc(N=Nc2ccc(O)c(C(=O)O)c2)cc1C(=O)O.Cc1ccc(N=Nc2ccc(S(=O)(=O)Nc3ccccn3)cc2)cc1C(=O)O. The highest BCUT2D eigenvalue weighted by molar-refractivity contribution is 7.92. The molecule has 0 unspecified atom stereocenters. The first kappa shape index (κ1) is 63.4. The maximum absolute atomic E-state index is 12.4. The number of nitrogens with one attached hydrogen (secondary N) is 1. The van der Waals surface area contributed by atoms with Crippen LogP contribution >= 0.6 is 0 Å². The molecule has 8 aromatic rings. The van der Waals surface area contributed by atoms with Crippen LogP contribution in [-0.4, -0.2) is 80.2 Å². The molecule has 1 aromatic heterocycles. The van der Waals surface area contributed by atoms with Gasteiger partial charge < -0.3 is 36.4 Å². The number of rotatable bonds is 15. The van der Waals surface area contributed by atoms with Crippen LogP contribution in [0, 0.1) is 27.7 Å². The molecule has 0 fully saturated rings. The van der Waals surface area contributed by atoms with Crippen molar-refractivity contribution in [3.05, 3.63) is 220 Å². The molecule has 0 aliphatic heterocycles. The molecule has 0 aliphatic carbocycles. The quantitative estimate of drug-likeness (QED) is 0.0268. The van der Waals surface area contributed by atoms with E-state index in [2.05, 4.69) is 40.4 Å². The van der Waals surface area contributed by atoms with E-state index < -0.39 is 39.9 Å². The molecule has 0 saturated heterocycles. The van der Waals surface area contributed by atoms with Gasteiger partial charge in [0.05, 0.1) is 61.3 Å². The maximum atomic E-state index is 12.4. The van der Waals surface area contributed by atoms with Gasteiger partial charge in [-0.3, -0.25) is 9.52 Å². The van der Waals surface area contributed by atoms with Crippen LogP contribution in [0.5, 0.6) is 5.75 Å². The van der Waals surface area contributed by atoms with E-state index in [-0.39, 0.29) is 57.4 Å². The first-order valence-electron chi connectivity index (χ1n) is 23.5. The van der Waals surface area contributed by atoms with Crippen molar-refractivity contribution in [3.8, 4) is 5.75 Å². The molecule has 7 aromatic carbocycles. The number of aromatic nitrogens is 1. The Hall–Kier alpha value is -11.1. The van der Waals surface area contributed by atoms with E-state index in [1.165, 1.54) is 72.9 Å². The predicted octanol–water partition coefficient (Wildman–Crippen LogP) is 13.6. The van der Waals surface area contributed by atoms with Crippen LogP contribution in [0.15, 0.2) is 200 Å². The van der Waals surface area contributed by atoms with Crippen LogP contribution in [-0.2, 0) is 10.0 Å². The average Bonchev–Trinajstić information content (AvgIpc) is 3.47. The van der Waals surface area contributed by atoms with Gasteiger partial charge in [-0.2, -0.15) is 30.7 Å². The second-order valence-corrected chi connectivity index (χ2v) is 18.6. The van der Waals surface area contributed by atoms with Gasteiger partial charge >= 0.3 is 29.8 Å². The fourth-order valence-corrected chi connectivity index (χ4v) is 7.62. The first-order valence-corrected chi connectivity index (χ1v) is 24.9. The molecular weight excluding hydrogens is 1080 g/mol. The van der Waals surface area contributed by atoms with E-state index in [4.69, 9.17) is 31.3 Å². The van der Waals surface area contributed by atoms with E-state index in [0.29, 0.717) is 56.4 Å². The Morgan fingerprint density at radius 2 is 0.805 bits per heavy atom. The molecule has 0 spiro atoms. The summed E-state index contributed by atoms with van der Waals surface area (Å²) in [5.74, 6) is -5.45. The molecule has 0 radical (unpaired) electrons. The van der Waals surface area contributed by atoms with Gasteiger partial charge in [-0.1, -0.05) is 37.8 Å². The fourth-order valence-electron chi connectivity index (χ4n) is 6.61. The number of pyridine rings is 1. The number of sulfonamides is 1. The number of benzene rings is 7. The van der Waals surface area contributed by atoms with Gasteiger partial charge in [0.15, 0.2) is 0 Å². The molecule has 0 saturated carbocycles. The van der Waals surface area contributed by atoms with Gasteiger partial charge in [0, 0.05) is 17.4 Å². The maximum Gasteiger partial charge on any atom is 0.339 e. The number of phenols is 1. The molecule has 9 N–H and O–H groups in total. The minimum atomic E-state index is -3.77. The van der Waals surface area contributed by atoms with Crippen molar-refractivity contribution in [3.63, 3.8) is 0 Å². The highest BCUT2D eigenvalue weighted by Gasteiger charge is 2.16. The molecule has 0 atom stereocenters. The van der Waals surface area contributed by atoms with Gasteiger partial charge in [-0.25, -0.2) is 37.4 Å². The highest BCUT2D eigenvalue weighted by atomic mass is 32.2. The summed E-state index contributed by atoms with van der Waals surface area (Å²) < 4.78 is 27.1. The molecule has 82 heavy (non-hydrogen) atoms. The summed E-state index contributed by atoms with van der Waals surface area (Å²) in [6.07, 6.45) is 2.24. The van der Waals surface area contributed by atoms with Crippen molar-refractivity contribution in [2.75, 3.05) is 10.5 Å². The zero-order valence-electron chi connectivity index (χ0n) is 43.2. The monoisotopic (exact) mass is 1130 g/mol. The summed E-state index contributed by atoms with van der Waals surface area (Å²) in [4.78, 5) is 69.2. The third-order valence-electron chi connectivity index (χ3n) is 11.0. The Kier molecular flexibility index (Phi) is 22.9. The van der Waals surface area contributed by atoms with Crippen LogP contribution in [0.2, 0.25) is 0 Å². The second-order valence-electron chi connectivity index (χ2n) is 16.9. The molecule has 0 bridgehead atoms. The molecular formula is C58H53N9O14S. The molecule has 0 aliphatic rings. The highest BCUT2D eigenvalue weighted by Crippen LogP contribution is 2.28. The van der Waals surface area contributed by atoms with E-state index >= 15 is 0 Å². The molecule has 420 valence electrons. The number of anilines is 2. The number of carboxylic acids is 5. The summed E-state index contributed by atoms with van der Waals surface area (Å²) in [7, 11) is -3.77. The lowest BCUT2D eigenvalue weighted by Crippen LogP contribution is -2.13. The number of aromatic hydroxyl groups is 1. The number of azo groups is 3. The average molecular weight is 1130 g/mol. The summed E-state index contributed by atoms with van der Waals surface area (Å²) in [6, 6.07) is 40.1. The number of aromatic carboxylic acids is 5. The fraction of sp³-hybridized carbons (Fsp3) is 0.0862. The van der Waals surface area contributed by atoms with Crippen LogP contribution in [0.25, 0.3) is 0 Å². The number of nitrogens with two attached hydrogens (primary N) is 1. The minimum absolute atomic E-state index is 0. The lowest BCUT2D eigenvalue weighted by molar-refractivity contribution is 0.0683. The van der Waals surface area contributed by atoms with E-state index in [1.54, 1.807) is 119 Å². The van der Waals surface area contributed by atoms with Gasteiger partial charge in [0.1, 0.15) is 23.4 Å². The Morgan fingerprint density at radius 3 is 1.17 bits per heavy atom. The van der Waals surface area contributed by atoms with Gasteiger partial charge in [-0.05, 0) is 177 Å². The smallest absolute Gasteiger partial charge is 0.339 e. The van der Waals surface area contributed by atoms with Crippen molar-refractivity contribution < 1.29 is 67.8 Å². The Morgan fingerprint density at radius 1 is 0.463 bits per heavy atom. The topological polar surface area (TPSA) is 383 Å². The van der Waals surface area contributed by atoms with Crippen LogP contribution in [0.3, 0.4) is 0 Å². The van der Waals surface area contributed by atoms with E-state index in [0.717, 1.165) is 11.8 Å². The Bertz CT molecular complexity index is 3770. The molecule has 1 heterocycles. The van der Waals surface area contributed by atoms with Crippen molar-refractivity contribution in [1.82, 2.24) is 4.98 Å². The predicted molar refractivity (Wildman–Crippen MR) is 305 cm³/mol. The molecule has 0 amide bonds. The summed E-state index contributed by atoms with van der Waals surface area (Å²) in [5, 5.41) is 77.9. The largest absolute Gasteiger partial charge is 0.507 e. The van der Waals surface area contributed by atoms with Crippen LogP contribution in [0.1, 0.15) is 91.8 Å². The summed E-state index contributed by atoms with van der Waals surface area (Å²) >= 11 is 0. The van der Waals surface area contributed by atoms with Crippen molar-refractivity contribution >= 4 is 91.8 Å². The lowest BCUT2D eigenvalue weighted by Gasteiger charge is -2.07. The standard InChI is InChI=1S/C19H16N4O4S.C15H12N2O5.C15H12N2O3.C8H9NO2.CH4/c1-13-5-6-15(12-17(13)19(24)25)22-21-14-7-9-16(10-8-14)28(26,27)23-18-4-2-3-11-20-18;1-8-2-3-9(6-11(8)14(19)20)16-17-10-4-5-13(18)12(7-10)15(21)22;1-10-2-5-13(8-14(10)15(19)20)17-16-12-6-3-11(9-18)4-7-12;1-5-2-3-6(9)4-7(5)8(10)11;/h2-12H,1H3,(H,20,23)(H,24,25);2-7,18H,1H3,(H,19,20)(H,21,22);2-9H,1H3,(H,19,20);2-4H,9H2,1H3,(H,10,11);1H4. The molecule has 23 nitrogen and oxygen atoms in total. The number of aldehydes is 1. The molecule has 24 heteroatoms. The zero-order chi connectivity index (χ0) is 59.4. The van der Waals surface area contributed by atoms with Crippen LogP contribution in [0.4, 0.5) is 45.6 Å². The number of nitrogen functional groups attached to an aromatic ring is 1. The van der Waals surface area contributed by atoms with Gasteiger partial charge in [0.25, 0.3) is 10.0 Å². The van der Waals surface area contributed by atoms with Crippen molar-refractivity contribution in [2.45, 2.75) is 40.0 Å². The third kappa shape index (κ3) is 18.8. The lowest BCUT2D eigenvalue weighted by atomic mass is 10.1. The zero-order valence-corrected chi connectivity index (χ0v) is 44.0. The number of hydrogen-bond donors (Lipinski definition) is 8. The number of aryl methyl sites for hydroxylation is 4. The first-order chi connectivity index (χ1) is 38.4. The number of carboxylic acid groups (broad SMARTS) is 5. The van der Waals surface area contributed by atoms with Crippen molar-refractivity contribution in [2.24, 2.45) is 30.7 Å². The van der Waals surface area contributed by atoms with Crippen molar-refractivity contribution in [1.29, 1.82) is 0 Å². The van der Waals surface area contributed by atoms with E-state index in [9.17, 15) is 42.3 Å². The Labute approximate surface area is 469 Å². The number of carbonyl (C=O) groups excluding carboxylic acids is 1.